The first kappa shape index (κ1) is 11.5. The van der Waals surface area contributed by atoms with E-state index in [4.69, 9.17) is 12.2 Å². The van der Waals surface area contributed by atoms with E-state index in [0.29, 0.717) is 4.77 Å². The van der Waals surface area contributed by atoms with E-state index < -0.39 is 0 Å². The van der Waals surface area contributed by atoms with E-state index in [9.17, 15) is 0 Å². The molecule has 1 aromatic rings. The van der Waals surface area contributed by atoms with Gasteiger partial charge >= 0.3 is 0 Å². The molecule has 0 fully saturated rings. The molecule has 0 aliphatic rings. The Hall–Kier alpha value is -0.620. The number of aromatic amines is 1. The van der Waals surface area contributed by atoms with E-state index in [1.54, 1.807) is 0 Å². The summed E-state index contributed by atoms with van der Waals surface area (Å²) in [7, 11) is 0. The average molecular weight is 230 g/mol. The Bertz CT molecular complexity index is 345. The predicted molar refractivity (Wildman–Crippen MR) is 62.6 cm³/mol. The van der Waals surface area contributed by atoms with Gasteiger partial charge in [0.2, 0.25) is 10.7 Å². The normalized spacial score (nSPS) is 10.2. The smallest absolute Gasteiger partial charge is 0.207 e. The van der Waals surface area contributed by atoms with Gasteiger partial charge in [-0.1, -0.05) is 11.8 Å². The molecule has 1 aromatic heterocycles. The molecule has 1 heterocycles. The number of hydrogen-bond donors (Lipinski definition) is 1. The molecular weight excluding hydrogens is 216 g/mol. The summed E-state index contributed by atoms with van der Waals surface area (Å²) in [6, 6.07) is 0. The Balaban J connectivity index is 3.07. The fraction of sp³-hybridized carbons (Fsp3) is 0.625. The van der Waals surface area contributed by atoms with Gasteiger partial charge in [-0.2, -0.15) is 9.97 Å². The molecule has 0 radical (unpaired) electrons. The van der Waals surface area contributed by atoms with Crippen LogP contribution in [0.25, 0.3) is 0 Å². The van der Waals surface area contributed by atoms with Crippen molar-refractivity contribution in [2.45, 2.75) is 19.0 Å². The maximum absolute atomic E-state index is 5.02. The first-order valence-electron chi connectivity index (χ1n) is 4.48. The SMILES string of the molecule is CCN(CC)c1nc(SC)nc(=S)[nH]1. The number of hydrogen-bond acceptors (Lipinski definition) is 5. The molecule has 0 unspecified atom stereocenters. The summed E-state index contributed by atoms with van der Waals surface area (Å²) in [6.45, 7) is 5.99. The van der Waals surface area contributed by atoms with Gasteiger partial charge in [-0.25, -0.2) is 0 Å². The van der Waals surface area contributed by atoms with Crippen molar-refractivity contribution in [3.63, 3.8) is 0 Å². The van der Waals surface area contributed by atoms with Crippen LogP contribution in [0.1, 0.15) is 13.8 Å². The van der Waals surface area contributed by atoms with Crippen molar-refractivity contribution in [1.29, 1.82) is 0 Å². The van der Waals surface area contributed by atoms with E-state index >= 15 is 0 Å². The van der Waals surface area contributed by atoms with Crippen LogP contribution in [0.3, 0.4) is 0 Å². The third-order valence-electron chi connectivity index (χ3n) is 1.86. The van der Waals surface area contributed by atoms with Crippen LogP contribution in [0.4, 0.5) is 5.95 Å². The second-order valence-corrected chi connectivity index (χ2v) is 3.80. The molecular formula is C8H14N4S2. The molecule has 0 bridgehead atoms. The van der Waals surface area contributed by atoms with Crippen molar-refractivity contribution in [3.8, 4) is 0 Å². The first-order valence-corrected chi connectivity index (χ1v) is 6.11. The lowest BCUT2D eigenvalue weighted by Gasteiger charge is -2.18. The zero-order chi connectivity index (χ0) is 10.6. The molecule has 1 N–H and O–H groups in total. The topological polar surface area (TPSA) is 44.8 Å². The largest absolute Gasteiger partial charge is 0.343 e. The fourth-order valence-electron chi connectivity index (χ4n) is 1.12. The van der Waals surface area contributed by atoms with Gasteiger partial charge in [0.15, 0.2) is 5.16 Å². The summed E-state index contributed by atoms with van der Waals surface area (Å²) >= 11 is 6.52. The van der Waals surface area contributed by atoms with E-state index in [-0.39, 0.29) is 0 Å². The van der Waals surface area contributed by atoms with Crippen molar-refractivity contribution in [1.82, 2.24) is 15.0 Å². The molecule has 1 rings (SSSR count). The summed E-state index contributed by atoms with van der Waals surface area (Å²) in [5.74, 6) is 0.805. The predicted octanol–water partition coefficient (Wildman–Crippen LogP) is 2.10. The van der Waals surface area contributed by atoms with E-state index in [2.05, 4.69) is 33.7 Å². The number of nitrogens with one attached hydrogen (secondary N) is 1. The summed E-state index contributed by atoms with van der Waals surface area (Å²) in [6.07, 6.45) is 1.94. The number of anilines is 1. The summed E-state index contributed by atoms with van der Waals surface area (Å²) in [5.41, 5.74) is 0. The van der Waals surface area contributed by atoms with Gasteiger partial charge in [0.1, 0.15) is 0 Å². The van der Waals surface area contributed by atoms with Gasteiger partial charge in [-0.15, -0.1) is 0 Å². The summed E-state index contributed by atoms with van der Waals surface area (Å²) in [4.78, 5) is 13.5. The van der Waals surface area contributed by atoms with Crippen LogP contribution in [0.2, 0.25) is 0 Å². The summed E-state index contributed by atoms with van der Waals surface area (Å²) < 4.78 is 0.492. The molecule has 0 aliphatic heterocycles. The molecule has 6 heteroatoms. The third kappa shape index (κ3) is 2.68. The average Bonchev–Trinajstić information content (AvgIpc) is 2.19. The number of thioether (sulfide) groups is 1. The Morgan fingerprint density at radius 2 is 2.00 bits per heavy atom. The van der Waals surface area contributed by atoms with Crippen LogP contribution in [-0.2, 0) is 0 Å². The molecule has 0 saturated carbocycles. The van der Waals surface area contributed by atoms with Crippen LogP contribution in [0.5, 0.6) is 0 Å². The highest BCUT2D eigenvalue weighted by atomic mass is 32.2. The zero-order valence-corrected chi connectivity index (χ0v) is 10.2. The van der Waals surface area contributed by atoms with Crippen LogP contribution < -0.4 is 4.90 Å². The monoisotopic (exact) mass is 230 g/mol. The number of H-pyrrole nitrogens is 1. The minimum atomic E-state index is 0.492. The second-order valence-electron chi connectivity index (χ2n) is 2.64. The fourth-order valence-corrected chi connectivity index (χ4v) is 1.71. The maximum atomic E-state index is 5.02. The van der Waals surface area contributed by atoms with Crippen molar-refractivity contribution >= 4 is 29.9 Å². The van der Waals surface area contributed by atoms with Gasteiger partial charge in [-0.3, -0.25) is 0 Å². The molecule has 0 saturated heterocycles. The molecule has 14 heavy (non-hydrogen) atoms. The lowest BCUT2D eigenvalue weighted by molar-refractivity contribution is 0.776. The Morgan fingerprint density at radius 1 is 1.36 bits per heavy atom. The van der Waals surface area contributed by atoms with Crippen molar-refractivity contribution in [2.24, 2.45) is 0 Å². The van der Waals surface area contributed by atoms with Gasteiger partial charge in [0, 0.05) is 13.1 Å². The highest BCUT2D eigenvalue weighted by Gasteiger charge is 2.05. The van der Waals surface area contributed by atoms with Gasteiger partial charge in [0.25, 0.3) is 0 Å². The molecule has 0 aromatic carbocycles. The van der Waals surface area contributed by atoms with E-state index in [0.717, 1.165) is 24.2 Å². The number of rotatable bonds is 4. The zero-order valence-electron chi connectivity index (χ0n) is 8.57. The van der Waals surface area contributed by atoms with E-state index in [1.165, 1.54) is 11.8 Å². The van der Waals surface area contributed by atoms with Crippen LogP contribution in [0.15, 0.2) is 5.16 Å². The van der Waals surface area contributed by atoms with Gasteiger partial charge in [0.05, 0.1) is 0 Å². The lowest BCUT2D eigenvalue weighted by atomic mass is 10.5. The number of aromatic nitrogens is 3. The molecule has 78 valence electrons. The maximum Gasteiger partial charge on any atom is 0.207 e. The Labute approximate surface area is 93.2 Å². The standard InChI is InChI=1S/C8H14N4S2/c1-4-12(5-2)6-9-7(13)11-8(10-6)14-3/h4-5H2,1-3H3,(H,9,10,11,13). The summed E-state index contributed by atoms with van der Waals surface area (Å²) in [5, 5.41) is 0.718. The van der Waals surface area contributed by atoms with Gasteiger partial charge < -0.3 is 9.88 Å². The second kappa shape index (κ2) is 5.31. The third-order valence-corrected chi connectivity index (χ3v) is 2.60. The van der Waals surface area contributed by atoms with Crippen LogP contribution in [-0.4, -0.2) is 34.3 Å². The van der Waals surface area contributed by atoms with Crippen molar-refractivity contribution < 1.29 is 0 Å². The molecule has 0 amide bonds. The molecule has 0 spiro atoms. The minimum absolute atomic E-state index is 0.492. The highest BCUT2D eigenvalue weighted by molar-refractivity contribution is 7.98. The molecule has 4 nitrogen and oxygen atoms in total. The molecule has 0 aliphatic carbocycles. The number of nitrogens with zero attached hydrogens (tertiary/aromatic N) is 3. The Morgan fingerprint density at radius 3 is 2.50 bits per heavy atom. The van der Waals surface area contributed by atoms with Crippen molar-refractivity contribution in [2.75, 3.05) is 24.2 Å². The first-order chi connectivity index (χ1) is 6.71. The Kier molecular flexibility index (Phi) is 4.34. The van der Waals surface area contributed by atoms with Gasteiger partial charge in [-0.05, 0) is 32.3 Å². The van der Waals surface area contributed by atoms with E-state index in [1.807, 2.05) is 6.26 Å². The van der Waals surface area contributed by atoms with Crippen molar-refractivity contribution in [3.05, 3.63) is 4.77 Å². The minimum Gasteiger partial charge on any atom is -0.343 e. The van der Waals surface area contributed by atoms with Crippen LogP contribution >= 0.6 is 24.0 Å². The molecule has 0 atom stereocenters. The highest BCUT2D eigenvalue weighted by Crippen LogP contribution is 2.12. The van der Waals surface area contributed by atoms with Crippen LogP contribution in [0, 0.1) is 4.77 Å². The quantitative estimate of drug-likeness (QED) is 0.634. The lowest BCUT2D eigenvalue weighted by Crippen LogP contribution is -2.24.